The third kappa shape index (κ3) is 3.07. The molecule has 0 fully saturated rings. The van der Waals surface area contributed by atoms with Crippen molar-refractivity contribution in [3.63, 3.8) is 0 Å². The molecule has 6 heteroatoms. The molecule has 3 rings (SSSR count). The van der Waals surface area contributed by atoms with Gasteiger partial charge in [0.2, 0.25) is 0 Å². The Balaban J connectivity index is 2.37. The fourth-order valence-electron chi connectivity index (χ4n) is 2.87. The highest BCUT2D eigenvalue weighted by Crippen LogP contribution is 2.34. The molecule has 0 radical (unpaired) electrons. The molecule has 0 unspecified atom stereocenters. The molecule has 0 spiro atoms. The molecule has 0 atom stereocenters. The van der Waals surface area contributed by atoms with Crippen LogP contribution in [0.2, 0.25) is 0 Å². The van der Waals surface area contributed by atoms with E-state index >= 15 is 0 Å². The maximum Gasteiger partial charge on any atom is 0.416 e. The van der Waals surface area contributed by atoms with E-state index in [1.165, 1.54) is 19.1 Å². The second-order valence-corrected chi connectivity index (χ2v) is 5.88. The monoisotopic (exact) mass is 345 g/mol. The molecular formula is C19H14F3NO2. The fraction of sp³-hybridized carbons (Fsp3) is 0.158. The summed E-state index contributed by atoms with van der Waals surface area (Å²) in [4.78, 5) is 27.0. The lowest BCUT2D eigenvalue weighted by molar-refractivity contribution is -0.137. The van der Waals surface area contributed by atoms with E-state index in [4.69, 9.17) is 0 Å². The number of alkyl halides is 3. The minimum atomic E-state index is -4.45. The standard InChI is InChI=1S/C19H14F3NO2/c1-10-3-8-15-14(9-10)17(16(11(2)24)18(25)23-15)12-4-6-13(7-5-12)19(20,21)22/h3-9H,1-2H3,(H,23,25). The highest BCUT2D eigenvalue weighted by atomic mass is 19.4. The van der Waals surface area contributed by atoms with E-state index in [2.05, 4.69) is 4.98 Å². The summed E-state index contributed by atoms with van der Waals surface area (Å²) < 4.78 is 38.4. The van der Waals surface area contributed by atoms with Gasteiger partial charge < -0.3 is 4.98 Å². The number of Topliss-reactive ketones (excluding diaryl/α,β-unsaturated/α-hetero) is 1. The molecule has 1 N–H and O–H groups in total. The number of pyridine rings is 1. The lowest BCUT2D eigenvalue weighted by atomic mass is 9.93. The van der Waals surface area contributed by atoms with Gasteiger partial charge in [0, 0.05) is 16.5 Å². The molecule has 2 aromatic carbocycles. The van der Waals surface area contributed by atoms with E-state index in [0.717, 1.165) is 17.7 Å². The Morgan fingerprint density at radius 2 is 1.68 bits per heavy atom. The summed E-state index contributed by atoms with van der Waals surface area (Å²) in [5, 5.41) is 0.615. The van der Waals surface area contributed by atoms with Gasteiger partial charge in [-0.1, -0.05) is 23.8 Å². The molecule has 25 heavy (non-hydrogen) atoms. The SMILES string of the molecule is CC(=O)c1c(-c2ccc(C(F)(F)F)cc2)c2cc(C)ccc2[nH]c1=O. The second kappa shape index (κ2) is 5.88. The number of carbonyl (C=O) groups is 1. The van der Waals surface area contributed by atoms with Crippen molar-refractivity contribution in [2.75, 3.05) is 0 Å². The Bertz CT molecular complexity index is 1030. The van der Waals surface area contributed by atoms with E-state index in [0.29, 0.717) is 22.0 Å². The molecule has 0 aliphatic rings. The number of hydrogen-bond acceptors (Lipinski definition) is 2. The number of aryl methyl sites for hydroxylation is 1. The van der Waals surface area contributed by atoms with E-state index in [-0.39, 0.29) is 5.56 Å². The Morgan fingerprint density at radius 1 is 1.04 bits per heavy atom. The Hall–Kier alpha value is -2.89. The van der Waals surface area contributed by atoms with Gasteiger partial charge in [-0.3, -0.25) is 9.59 Å². The molecule has 0 saturated heterocycles. The number of H-pyrrole nitrogens is 1. The van der Waals surface area contributed by atoms with Crippen molar-refractivity contribution in [3.05, 3.63) is 69.5 Å². The highest BCUT2D eigenvalue weighted by molar-refractivity contribution is 6.08. The van der Waals surface area contributed by atoms with Gasteiger partial charge in [-0.2, -0.15) is 13.2 Å². The number of fused-ring (bicyclic) bond motifs is 1. The van der Waals surface area contributed by atoms with Crippen LogP contribution >= 0.6 is 0 Å². The summed E-state index contributed by atoms with van der Waals surface area (Å²) in [6.07, 6.45) is -4.45. The predicted molar refractivity (Wildman–Crippen MR) is 89.7 cm³/mol. The number of halogens is 3. The van der Waals surface area contributed by atoms with Crippen LogP contribution in [0.3, 0.4) is 0 Å². The fourth-order valence-corrected chi connectivity index (χ4v) is 2.87. The molecule has 0 amide bonds. The first-order valence-electron chi connectivity index (χ1n) is 7.53. The van der Waals surface area contributed by atoms with Gasteiger partial charge in [-0.15, -0.1) is 0 Å². The zero-order valence-corrected chi connectivity index (χ0v) is 13.5. The summed E-state index contributed by atoms with van der Waals surface area (Å²) in [5.74, 6) is -0.445. The first-order chi connectivity index (χ1) is 11.7. The Kier molecular flexibility index (Phi) is 3.99. The van der Waals surface area contributed by atoms with E-state index in [1.54, 1.807) is 12.1 Å². The molecule has 3 aromatic rings. The van der Waals surface area contributed by atoms with Crippen LogP contribution in [-0.4, -0.2) is 10.8 Å². The van der Waals surface area contributed by atoms with Crippen molar-refractivity contribution < 1.29 is 18.0 Å². The van der Waals surface area contributed by atoms with Crippen molar-refractivity contribution in [2.45, 2.75) is 20.0 Å². The molecule has 128 valence electrons. The predicted octanol–water partition coefficient (Wildman–Crippen LogP) is 4.72. The van der Waals surface area contributed by atoms with Crippen molar-refractivity contribution in [3.8, 4) is 11.1 Å². The lowest BCUT2D eigenvalue weighted by Gasteiger charge is -2.13. The highest BCUT2D eigenvalue weighted by Gasteiger charge is 2.30. The molecule has 0 saturated carbocycles. The zero-order valence-electron chi connectivity index (χ0n) is 13.5. The van der Waals surface area contributed by atoms with E-state index in [9.17, 15) is 22.8 Å². The van der Waals surface area contributed by atoms with Crippen LogP contribution in [0.25, 0.3) is 22.0 Å². The van der Waals surface area contributed by atoms with Crippen LogP contribution in [0.4, 0.5) is 13.2 Å². The normalized spacial score (nSPS) is 11.7. The third-order valence-electron chi connectivity index (χ3n) is 4.02. The summed E-state index contributed by atoms with van der Waals surface area (Å²) in [6, 6.07) is 9.78. The van der Waals surface area contributed by atoms with Crippen molar-refractivity contribution in [1.29, 1.82) is 0 Å². The van der Waals surface area contributed by atoms with Gasteiger partial charge in [0.15, 0.2) is 5.78 Å². The maximum absolute atomic E-state index is 12.8. The van der Waals surface area contributed by atoms with Crippen LogP contribution < -0.4 is 5.56 Å². The zero-order chi connectivity index (χ0) is 18.4. The van der Waals surface area contributed by atoms with Gasteiger partial charge in [0.25, 0.3) is 5.56 Å². The van der Waals surface area contributed by atoms with Crippen LogP contribution in [0, 0.1) is 6.92 Å². The third-order valence-corrected chi connectivity index (χ3v) is 4.02. The number of carbonyl (C=O) groups excluding carboxylic acids is 1. The number of aromatic nitrogens is 1. The minimum Gasteiger partial charge on any atom is -0.321 e. The number of ketones is 1. The second-order valence-electron chi connectivity index (χ2n) is 5.88. The number of aromatic amines is 1. The van der Waals surface area contributed by atoms with Crippen LogP contribution in [-0.2, 0) is 6.18 Å². The van der Waals surface area contributed by atoms with Gasteiger partial charge in [-0.05, 0) is 43.7 Å². The number of rotatable bonds is 2. The van der Waals surface area contributed by atoms with Crippen LogP contribution in [0.5, 0.6) is 0 Å². The molecule has 0 aliphatic heterocycles. The lowest BCUT2D eigenvalue weighted by Crippen LogP contribution is -2.18. The molecule has 1 aromatic heterocycles. The largest absolute Gasteiger partial charge is 0.416 e. The average molecular weight is 345 g/mol. The van der Waals surface area contributed by atoms with Crippen LogP contribution in [0.1, 0.15) is 28.4 Å². The first-order valence-corrected chi connectivity index (χ1v) is 7.53. The van der Waals surface area contributed by atoms with Gasteiger partial charge >= 0.3 is 6.18 Å². The van der Waals surface area contributed by atoms with Gasteiger partial charge in [-0.25, -0.2) is 0 Å². The van der Waals surface area contributed by atoms with Crippen molar-refractivity contribution in [1.82, 2.24) is 4.98 Å². The van der Waals surface area contributed by atoms with Crippen molar-refractivity contribution >= 4 is 16.7 Å². The summed E-state index contributed by atoms with van der Waals surface area (Å²) in [6.45, 7) is 3.12. The molecule has 0 bridgehead atoms. The summed E-state index contributed by atoms with van der Waals surface area (Å²) in [5.41, 5.74) is 0.767. The topological polar surface area (TPSA) is 49.9 Å². The van der Waals surface area contributed by atoms with Crippen molar-refractivity contribution in [2.24, 2.45) is 0 Å². The van der Waals surface area contributed by atoms with E-state index in [1.807, 2.05) is 13.0 Å². The van der Waals surface area contributed by atoms with E-state index < -0.39 is 23.1 Å². The molecule has 0 aliphatic carbocycles. The van der Waals surface area contributed by atoms with Crippen LogP contribution in [0.15, 0.2) is 47.3 Å². The maximum atomic E-state index is 12.8. The minimum absolute atomic E-state index is 0.0575. The summed E-state index contributed by atoms with van der Waals surface area (Å²) >= 11 is 0. The van der Waals surface area contributed by atoms with Gasteiger partial charge in [0.05, 0.1) is 11.1 Å². The smallest absolute Gasteiger partial charge is 0.321 e. The van der Waals surface area contributed by atoms with Gasteiger partial charge in [0.1, 0.15) is 0 Å². The first kappa shape index (κ1) is 17.0. The number of hydrogen-bond donors (Lipinski definition) is 1. The summed E-state index contributed by atoms with van der Waals surface area (Å²) in [7, 11) is 0. The number of nitrogens with one attached hydrogen (secondary N) is 1. The quantitative estimate of drug-likeness (QED) is 0.683. The average Bonchev–Trinajstić information content (AvgIpc) is 2.53. The molecule has 3 nitrogen and oxygen atoms in total. The number of benzene rings is 2. The Labute approximate surface area is 141 Å². The molecule has 1 heterocycles. The molecular weight excluding hydrogens is 331 g/mol. The Morgan fingerprint density at radius 3 is 2.24 bits per heavy atom.